The lowest BCUT2D eigenvalue weighted by atomic mass is 9.96. The fourth-order valence-corrected chi connectivity index (χ4v) is 4.02. The summed E-state index contributed by atoms with van der Waals surface area (Å²) in [5.41, 5.74) is 2.51. The van der Waals surface area contributed by atoms with Gasteiger partial charge in [0.25, 0.3) is 5.56 Å². The van der Waals surface area contributed by atoms with Gasteiger partial charge in [-0.05, 0) is 0 Å². The van der Waals surface area contributed by atoms with E-state index in [9.17, 15) is 18.7 Å². The van der Waals surface area contributed by atoms with E-state index in [1.54, 1.807) is 0 Å². The summed E-state index contributed by atoms with van der Waals surface area (Å²) in [4.78, 5) is 43.4. The number of phosphoric ester groups is 1. The summed E-state index contributed by atoms with van der Waals surface area (Å²) in [6.45, 7) is -1.15. The lowest BCUT2D eigenvalue weighted by Crippen LogP contribution is -2.53. The Hall–Kier alpha value is -0.790. The van der Waals surface area contributed by atoms with E-state index < -0.39 is 63.5 Å². The Bertz CT molecular complexity index is 855. The number of hydrogen-bond acceptors (Lipinski definition) is 9. The van der Waals surface area contributed by atoms with E-state index in [1.807, 2.05) is 4.98 Å². The predicted molar refractivity (Wildman–Crippen MR) is 94.9 cm³/mol. The third-order valence-corrected chi connectivity index (χ3v) is 5.14. The molecule has 1 aliphatic rings. The van der Waals surface area contributed by atoms with E-state index in [2.05, 4.69) is 16.8 Å². The van der Waals surface area contributed by atoms with Gasteiger partial charge < -0.3 is 29.5 Å². The second-order valence-electron chi connectivity index (χ2n) is 5.56. The van der Waals surface area contributed by atoms with E-state index in [0.717, 1.165) is 16.8 Å². The number of rotatable bonds is 8. The van der Waals surface area contributed by atoms with Gasteiger partial charge >= 0.3 is 13.5 Å². The van der Waals surface area contributed by atoms with Gasteiger partial charge in [0.2, 0.25) is 7.23 Å². The van der Waals surface area contributed by atoms with E-state index >= 15 is 0 Å². The van der Waals surface area contributed by atoms with Gasteiger partial charge in [-0.15, -0.1) is 0 Å². The zero-order valence-corrected chi connectivity index (χ0v) is 16.7. The van der Waals surface area contributed by atoms with Gasteiger partial charge in [-0.25, -0.2) is 9.36 Å². The molecule has 0 saturated carbocycles. The van der Waals surface area contributed by atoms with Gasteiger partial charge in [-0.2, -0.15) is 0 Å². The summed E-state index contributed by atoms with van der Waals surface area (Å²) >= 11 is 3.71. The number of thiol groups is 1. The second kappa shape index (κ2) is 8.70. The molecule has 1 aromatic rings. The highest BCUT2D eigenvalue weighted by Gasteiger charge is 2.58. The molecule has 0 radical (unpaired) electrons. The van der Waals surface area contributed by atoms with Crippen LogP contribution in [-0.4, -0.2) is 57.4 Å². The molecule has 2 unspecified atom stereocenters. The first kappa shape index (κ1) is 22.5. The minimum atomic E-state index is -4.91. The van der Waals surface area contributed by atoms with Gasteiger partial charge in [0.1, 0.15) is 17.8 Å². The van der Waals surface area contributed by atoms with Crippen LogP contribution in [0.15, 0.2) is 21.9 Å². The minimum absolute atomic E-state index is 0.394. The normalized spacial score (nSPS) is 29.7. The van der Waals surface area contributed by atoms with Crippen LogP contribution in [0.5, 0.6) is 0 Å². The summed E-state index contributed by atoms with van der Waals surface area (Å²) < 4.78 is 44.5. The number of methoxy groups -OCH3 is 1. The quantitative estimate of drug-likeness (QED) is 0.232. The molecule has 5 N–H and O–H groups in total. The van der Waals surface area contributed by atoms with Gasteiger partial charge in [0, 0.05) is 25.9 Å². The fourth-order valence-electron chi connectivity index (χ4n) is 2.72. The number of aromatic amines is 1. The van der Waals surface area contributed by atoms with Crippen molar-refractivity contribution in [1.29, 1.82) is 0 Å². The van der Waals surface area contributed by atoms with E-state index in [-0.39, 0.29) is 0 Å². The Balaban J connectivity index is 2.51. The summed E-state index contributed by atoms with van der Waals surface area (Å²) in [6.07, 6.45) is -2.46. The van der Waals surface area contributed by atoms with Crippen LogP contribution < -0.4 is 17.0 Å². The molecular formula is C11H19N3O10P2S. The molecule has 0 aromatic carbocycles. The van der Waals surface area contributed by atoms with Crippen molar-refractivity contribution in [3.8, 4) is 0 Å². The van der Waals surface area contributed by atoms with Crippen molar-refractivity contribution in [1.82, 2.24) is 9.55 Å². The number of nitrogens with two attached hydrogens (primary N) is 1. The highest BCUT2D eigenvalue weighted by Crippen LogP contribution is 2.47. The third kappa shape index (κ3) is 5.18. The molecule has 0 spiro atoms. The third-order valence-electron chi connectivity index (χ3n) is 3.90. The number of phosphoric acid groups is 1. The zero-order valence-electron chi connectivity index (χ0n) is 13.9. The number of nitrogens with one attached hydrogen (secondary N) is 1. The summed E-state index contributed by atoms with van der Waals surface area (Å²) in [7, 11) is -6.54. The van der Waals surface area contributed by atoms with Gasteiger partial charge in [0.15, 0.2) is 6.23 Å². The molecule has 1 aromatic heterocycles. The molecule has 13 nitrogen and oxygen atoms in total. The summed E-state index contributed by atoms with van der Waals surface area (Å²) in [5.74, 6) is 0. The Morgan fingerprint density at radius 1 is 1.52 bits per heavy atom. The molecule has 16 heteroatoms. The van der Waals surface area contributed by atoms with Crippen LogP contribution in [0.25, 0.3) is 0 Å². The summed E-state index contributed by atoms with van der Waals surface area (Å²) in [6, 6.07) is 1.06. The van der Waals surface area contributed by atoms with Crippen molar-refractivity contribution in [3.05, 3.63) is 33.1 Å². The SMILES string of the molecule is COC1[C@H](n2ccc(=O)[nH]c2=O)O[C@](CN)(COP(=O)(O)O)[C@@H]1O[PH](=O)S. The number of H-pyrrole nitrogens is 1. The maximum absolute atomic E-state index is 12.1. The topological polar surface area (TPSA) is 192 Å². The predicted octanol–water partition coefficient (Wildman–Crippen LogP) is -1.41. The zero-order chi connectivity index (χ0) is 20.4. The van der Waals surface area contributed by atoms with E-state index in [4.69, 9.17) is 29.5 Å². The number of ether oxygens (including phenoxy) is 2. The molecule has 1 aliphatic heterocycles. The standard InChI is InChI=1S/C11H19N3O10P2S/c1-21-7-8(24-25(17)27)11(4-12,5-22-26(18,19)20)23-9(7)14-3-2-6(15)13-10(14)16/h2-3,7-9,25H,4-5,12H2,1H3,(H,17,27)(H,13,15,16)(H2,18,19,20)/t7?,8-,9-,11-/m1/s1. The molecule has 0 bridgehead atoms. The Labute approximate surface area is 158 Å². The smallest absolute Gasteiger partial charge is 0.374 e. The molecule has 0 amide bonds. The Kier molecular flexibility index (Phi) is 7.25. The number of nitrogens with zero attached hydrogens (tertiary/aromatic N) is 1. The number of aromatic nitrogens is 2. The van der Waals surface area contributed by atoms with Crippen molar-refractivity contribution >= 4 is 27.3 Å². The maximum atomic E-state index is 12.1. The van der Waals surface area contributed by atoms with Crippen LogP contribution >= 0.6 is 27.3 Å². The maximum Gasteiger partial charge on any atom is 0.469 e. The average Bonchev–Trinajstić information content (AvgIpc) is 2.85. The molecule has 2 heterocycles. The first-order valence-electron chi connectivity index (χ1n) is 7.35. The Morgan fingerprint density at radius 2 is 2.19 bits per heavy atom. The van der Waals surface area contributed by atoms with Crippen molar-refractivity contribution in [3.63, 3.8) is 0 Å². The molecule has 27 heavy (non-hydrogen) atoms. The highest BCUT2D eigenvalue weighted by atomic mass is 32.7. The molecule has 5 atom stereocenters. The monoisotopic (exact) mass is 447 g/mol. The van der Waals surface area contributed by atoms with Crippen molar-refractivity contribution in [2.45, 2.75) is 24.0 Å². The van der Waals surface area contributed by atoms with Gasteiger partial charge in [-0.1, -0.05) is 12.2 Å². The second-order valence-corrected chi connectivity index (χ2v) is 8.67. The molecule has 154 valence electrons. The molecule has 1 saturated heterocycles. The van der Waals surface area contributed by atoms with Crippen molar-refractivity contribution in [2.75, 3.05) is 20.3 Å². The highest BCUT2D eigenvalue weighted by molar-refractivity contribution is 8.39. The van der Waals surface area contributed by atoms with E-state index in [1.165, 1.54) is 7.11 Å². The fraction of sp³-hybridized carbons (Fsp3) is 0.636. The Morgan fingerprint density at radius 3 is 2.67 bits per heavy atom. The van der Waals surface area contributed by atoms with Crippen LogP contribution in [-0.2, 0) is 27.7 Å². The van der Waals surface area contributed by atoms with Crippen molar-refractivity contribution in [2.24, 2.45) is 5.73 Å². The molecule has 1 fully saturated rings. The molecule has 2 rings (SSSR count). The number of hydrogen-bond donors (Lipinski definition) is 5. The van der Waals surface area contributed by atoms with Crippen molar-refractivity contribution < 1.29 is 37.4 Å². The first-order valence-corrected chi connectivity index (χ1v) is 11.5. The average molecular weight is 447 g/mol. The van der Waals surface area contributed by atoms with Crippen LogP contribution in [0.3, 0.4) is 0 Å². The van der Waals surface area contributed by atoms with Gasteiger partial charge in [0.05, 0.1) is 6.61 Å². The lowest BCUT2D eigenvalue weighted by molar-refractivity contribution is -0.117. The van der Waals surface area contributed by atoms with Crippen LogP contribution in [0, 0.1) is 0 Å². The van der Waals surface area contributed by atoms with E-state index in [0.29, 0.717) is 0 Å². The van der Waals surface area contributed by atoms with Gasteiger partial charge in [-0.3, -0.25) is 23.4 Å². The van der Waals surface area contributed by atoms with Crippen LogP contribution in [0.4, 0.5) is 0 Å². The lowest BCUT2D eigenvalue weighted by Gasteiger charge is -2.32. The molecule has 0 aliphatic carbocycles. The van der Waals surface area contributed by atoms with Crippen LogP contribution in [0.1, 0.15) is 6.23 Å². The summed E-state index contributed by atoms with van der Waals surface area (Å²) in [5, 5.41) is 0. The van der Waals surface area contributed by atoms with Crippen LogP contribution in [0.2, 0.25) is 0 Å². The minimum Gasteiger partial charge on any atom is -0.374 e. The first-order chi connectivity index (χ1) is 12.5. The largest absolute Gasteiger partial charge is 0.469 e. The molecular weight excluding hydrogens is 428 g/mol.